The van der Waals surface area contributed by atoms with E-state index in [9.17, 15) is 0 Å². The second kappa shape index (κ2) is 3.75. The zero-order valence-electron chi connectivity index (χ0n) is 9.04. The Labute approximate surface area is 76.5 Å². The third-order valence-corrected chi connectivity index (χ3v) is 3.49. The Morgan fingerprint density at radius 3 is 2.25 bits per heavy atom. The molecule has 1 aliphatic rings. The maximum absolute atomic E-state index is 2.46. The van der Waals surface area contributed by atoms with E-state index in [-0.39, 0.29) is 0 Å². The molecule has 2 nitrogen and oxygen atoms in total. The summed E-state index contributed by atoms with van der Waals surface area (Å²) < 4.78 is 0. The van der Waals surface area contributed by atoms with Crippen LogP contribution in [0.2, 0.25) is 0 Å². The molecule has 0 aliphatic carbocycles. The molecule has 0 bridgehead atoms. The van der Waals surface area contributed by atoms with Crippen molar-refractivity contribution in [3.8, 4) is 0 Å². The molecule has 0 saturated carbocycles. The quantitative estimate of drug-likeness (QED) is 0.590. The SMILES string of the molecule is CCC1C(C)C(C)N(C)CN1C. The van der Waals surface area contributed by atoms with Crippen molar-refractivity contribution in [2.45, 2.75) is 39.3 Å². The second-order valence-corrected chi connectivity index (χ2v) is 4.23. The average Bonchev–Trinajstić information content (AvgIpc) is 2.01. The van der Waals surface area contributed by atoms with Crippen molar-refractivity contribution >= 4 is 0 Å². The summed E-state index contributed by atoms with van der Waals surface area (Å²) in [5.41, 5.74) is 0. The average molecular weight is 170 g/mol. The molecule has 72 valence electrons. The fourth-order valence-corrected chi connectivity index (χ4v) is 2.39. The predicted octanol–water partition coefficient (Wildman–Crippen LogP) is 1.62. The first kappa shape index (κ1) is 10.0. The molecule has 0 aromatic heterocycles. The predicted molar refractivity (Wildman–Crippen MR) is 53.1 cm³/mol. The van der Waals surface area contributed by atoms with Gasteiger partial charge in [-0.1, -0.05) is 13.8 Å². The van der Waals surface area contributed by atoms with Crippen LogP contribution in [0.1, 0.15) is 27.2 Å². The van der Waals surface area contributed by atoms with Gasteiger partial charge in [-0.25, -0.2) is 0 Å². The highest BCUT2D eigenvalue weighted by molar-refractivity contribution is 4.85. The summed E-state index contributed by atoms with van der Waals surface area (Å²) in [7, 11) is 4.44. The lowest BCUT2D eigenvalue weighted by atomic mass is 9.89. The van der Waals surface area contributed by atoms with Gasteiger partial charge in [0.1, 0.15) is 0 Å². The molecule has 0 aromatic carbocycles. The van der Waals surface area contributed by atoms with E-state index in [1.807, 2.05) is 0 Å². The monoisotopic (exact) mass is 170 g/mol. The van der Waals surface area contributed by atoms with Crippen LogP contribution in [0, 0.1) is 5.92 Å². The summed E-state index contributed by atoms with van der Waals surface area (Å²) >= 11 is 0. The molecule has 1 fully saturated rings. The lowest BCUT2D eigenvalue weighted by molar-refractivity contribution is -0.00471. The largest absolute Gasteiger partial charge is 0.291 e. The minimum atomic E-state index is 0.728. The van der Waals surface area contributed by atoms with Crippen LogP contribution in [-0.2, 0) is 0 Å². The van der Waals surface area contributed by atoms with Crippen LogP contribution in [0.4, 0.5) is 0 Å². The van der Waals surface area contributed by atoms with Crippen molar-refractivity contribution in [1.82, 2.24) is 9.80 Å². The standard InChI is InChI=1S/C10H22N2/c1-6-10-8(2)9(3)11(4)7-12(10)5/h8-10H,6-7H2,1-5H3. The Hall–Kier alpha value is -0.0800. The van der Waals surface area contributed by atoms with Gasteiger partial charge < -0.3 is 0 Å². The van der Waals surface area contributed by atoms with Crippen molar-refractivity contribution in [1.29, 1.82) is 0 Å². The van der Waals surface area contributed by atoms with E-state index in [0.29, 0.717) is 0 Å². The minimum Gasteiger partial charge on any atom is -0.291 e. The van der Waals surface area contributed by atoms with Crippen molar-refractivity contribution in [3.63, 3.8) is 0 Å². The van der Waals surface area contributed by atoms with Gasteiger partial charge in [-0.2, -0.15) is 0 Å². The summed E-state index contributed by atoms with van der Waals surface area (Å²) in [6.07, 6.45) is 1.27. The number of hydrogen-bond donors (Lipinski definition) is 0. The van der Waals surface area contributed by atoms with Crippen LogP contribution in [0.5, 0.6) is 0 Å². The van der Waals surface area contributed by atoms with Gasteiger partial charge in [0.2, 0.25) is 0 Å². The van der Waals surface area contributed by atoms with E-state index < -0.39 is 0 Å². The van der Waals surface area contributed by atoms with Gasteiger partial charge in [0.25, 0.3) is 0 Å². The summed E-state index contributed by atoms with van der Waals surface area (Å²) in [5, 5.41) is 0. The van der Waals surface area contributed by atoms with Gasteiger partial charge in [-0.3, -0.25) is 9.80 Å². The van der Waals surface area contributed by atoms with Crippen LogP contribution in [-0.4, -0.2) is 42.6 Å². The fourth-order valence-electron chi connectivity index (χ4n) is 2.39. The molecule has 12 heavy (non-hydrogen) atoms. The first-order valence-corrected chi connectivity index (χ1v) is 4.98. The van der Waals surface area contributed by atoms with Crippen molar-refractivity contribution in [2.75, 3.05) is 20.8 Å². The van der Waals surface area contributed by atoms with Crippen molar-refractivity contribution < 1.29 is 0 Å². The molecule has 0 amide bonds. The molecular weight excluding hydrogens is 148 g/mol. The van der Waals surface area contributed by atoms with Gasteiger partial charge in [0.05, 0.1) is 6.67 Å². The molecule has 2 heteroatoms. The molecule has 3 atom stereocenters. The van der Waals surface area contributed by atoms with E-state index in [1.54, 1.807) is 0 Å². The first-order valence-electron chi connectivity index (χ1n) is 4.98. The molecule has 0 spiro atoms. The number of nitrogens with zero attached hydrogens (tertiary/aromatic N) is 2. The van der Waals surface area contributed by atoms with E-state index in [1.165, 1.54) is 6.42 Å². The lowest BCUT2D eigenvalue weighted by Gasteiger charge is -2.46. The van der Waals surface area contributed by atoms with Crippen molar-refractivity contribution in [2.24, 2.45) is 5.92 Å². The lowest BCUT2D eigenvalue weighted by Crippen LogP contribution is -2.56. The minimum absolute atomic E-state index is 0.728. The Morgan fingerprint density at radius 1 is 1.17 bits per heavy atom. The van der Waals surface area contributed by atoms with Crippen molar-refractivity contribution in [3.05, 3.63) is 0 Å². The van der Waals surface area contributed by atoms with Crippen LogP contribution >= 0.6 is 0 Å². The van der Waals surface area contributed by atoms with Crippen LogP contribution in [0.3, 0.4) is 0 Å². The third kappa shape index (κ3) is 1.64. The summed E-state index contributed by atoms with van der Waals surface area (Å²) in [6.45, 7) is 8.10. The summed E-state index contributed by atoms with van der Waals surface area (Å²) in [6, 6.07) is 1.50. The molecular formula is C10H22N2. The summed E-state index contributed by atoms with van der Waals surface area (Å²) in [4.78, 5) is 4.89. The van der Waals surface area contributed by atoms with Gasteiger partial charge in [0, 0.05) is 12.1 Å². The maximum atomic E-state index is 2.46. The number of hydrogen-bond acceptors (Lipinski definition) is 2. The first-order chi connectivity index (χ1) is 5.57. The Bertz CT molecular complexity index is 147. The second-order valence-electron chi connectivity index (χ2n) is 4.23. The number of rotatable bonds is 1. The summed E-state index contributed by atoms with van der Waals surface area (Å²) in [5.74, 6) is 0.791. The van der Waals surface area contributed by atoms with Crippen LogP contribution in [0.15, 0.2) is 0 Å². The van der Waals surface area contributed by atoms with Crippen LogP contribution < -0.4 is 0 Å². The van der Waals surface area contributed by atoms with Gasteiger partial charge >= 0.3 is 0 Å². The molecule has 0 aromatic rings. The molecule has 1 rings (SSSR count). The molecule has 3 unspecified atom stereocenters. The van der Waals surface area contributed by atoms with Gasteiger partial charge in [-0.15, -0.1) is 0 Å². The maximum Gasteiger partial charge on any atom is 0.0506 e. The highest BCUT2D eigenvalue weighted by Gasteiger charge is 2.32. The zero-order chi connectivity index (χ0) is 9.30. The van der Waals surface area contributed by atoms with E-state index in [0.717, 1.165) is 24.7 Å². The molecule has 1 saturated heterocycles. The molecule has 0 N–H and O–H groups in total. The van der Waals surface area contributed by atoms with Gasteiger partial charge in [0.15, 0.2) is 0 Å². The normalized spacial score (nSPS) is 40.2. The highest BCUT2D eigenvalue weighted by atomic mass is 15.3. The van der Waals surface area contributed by atoms with Gasteiger partial charge in [-0.05, 0) is 33.4 Å². The zero-order valence-corrected chi connectivity index (χ0v) is 9.04. The Kier molecular flexibility index (Phi) is 3.13. The van der Waals surface area contributed by atoms with E-state index >= 15 is 0 Å². The molecule has 1 aliphatic heterocycles. The molecule has 0 radical (unpaired) electrons. The molecule has 1 heterocycles. The Morgan fingerprint density at radius 2 is 1.75 bits per heavy atom. The fraction of sp³-hybridized carbons (Fsp3) is 1.00. The smallest absolute Gasteiger partial charge is 0.0506 e. The Balaban J connectivity index is 2.65. The topological polar surface area (TPSA) is 6.48 Å². The highest BCUT2D eigenvalue weighted by Crippen LogP contribution is 2.24. The third-order valence-electron chi connectivity index (χ3n) is 3.49. The van der Waals surface area contributed by atoms with Crippen LogP contribution in [0.25, 0.3) is 0 Å². The van der Waals surface area contributed by atoms with E-state index in [4.69, 9.17) is 0 Å². The van der Waals surface area contributed by atoms with E-state index in [2.05, 4.69) is 44.7 Å².